The number of aliphatic imine (C=N–C) groups is 1. The van der Waals surface area contributed by atoms with Crippen LogP contribution in [-0.2, 0) is 31.2 Å². The molecule has 0 fully saturated rings. The second kappa shape index (κ2) is 13.1. The van der Waals surface area contributed by atoms with Crippen LogP contribution in [0, 0.1) is 12.8 Å². The highest BCUT2D eigenvalue weighted by atomic mass is 32.2. The Morgan fingerprint density at radius 2 is 1.76 bits per heavy atom. The monoisotopic (exact) mass is 571 g/mol. The average molecular weight is 572 g/mol. The van der Waals surface area contributed by atoms with Crippen molar-refractivity contribution >= 4 is 33.4 Å². The van der Waals surface area contributed by atoms with Gasteiger partial charge in [0.05, 0.1) is 10.3 Å². The number of benzene rings is 3. The summed E-state index contributed by atoms with van der Waals surface area (Å²) in [7, 11) is -0.0739. The molecular formula is C32H33N3O5S. The molecule has 9 heteroatoms. The number of imide groups is 1. The van der Waals surface area contributed by atoms with Crippen molar-refractivity contribution in [2.45, 2.75) is 23.2 Å². The van der Waals surface area contributed by atoms with Gasteiger partial charge in [-0.3, -0.25) is 20.0 Å². The molecule has 3 aromatic carbocycles. The fraction of sp³-hybridized carbons (Fsp3) is 0.219. The Labute approximate surface area is 241 Å². The van der Waals surface area contributed by atoms with Gasteiger partial charge in [0.15, 0.2) is 9.84 Å². The van der Waals surface area contributed by atoms with Crippen molar-refractivity contribution in [2.75, 3.05) is 31.9 Å². The van der Waals surface area contributed by atoms with Crippen LogP contribution in [0.1, 0.15) is 28.7 Å². The topological polar surface area (TPSA) is 105 Å². The molecule has 212 valence electrons. The molecule has 1 N–H and O–H groups in total. The summed E-state index contributed by atoms with van der Waals surface area (Å²) < 4.78 is 30.5. The van der Waals surface area contributed by atoms with Crippen LogP contribution in [-0.4, -0.2) is 53.2 Å². The number of nitrogens with zero attached hydrogens (tertiary/aromatic N) is 2. The van der Waals surface area contributed by atoms with E-state index in [4.69, 9.17) is 4.74 Å². The van der Waals surface area contributed by atoms with Gasteiger partial charge in [-0.2, -0.15) is 0 Å². The van der Waals surface area contributed by atoms with Gasteiger partial charge in [0.25, 0.3) is 5.91 Å². The van der Waals surface area contributed by atoms with E-state index in [-0.39, 0.29) is 11.5 Å². The van der Waals surface area contributed by atoms with Crippen molar-refractivity contribution in [2.24, 2.45) is 4.99 Å². The number of amides is 3. The van der Waals surface area contributed by atoms with Crippen molar-refractivity contribution in [3.8, 4) is 12.8 Å². The Hall–Kier alpha value is -4.68. The lowest BCUT2D eigenvalue weighted by atomic mass is 9.76. The second-order valence-corrected chi connectivity index (χ2v) is 11.5. The van der Waals surface area contributed by atoms with Gasteiger partial charge in [0.2, 0.25) is 5.90 Å². The Bertz CT molecular complexity index is 1580. The van der Waals surface area contributed by atoms with E-state index in [0.29, 0.717) is 24.4 Å². The average Bonchev–Trinajstić information content (AvgIpc) is 3.37. The predicted octanol–water partition coefficient (Wildman–Crippen LogP) is 4.52. The maximum absolute atomic E-state index is 12.5. The summed E-state index contributed by atoms with van der Waals surface area (Å²) in [4.78, 5) is 30.1. The van der Waals surface area contributed by atoms with Crippen LogP contribution in [0.15, 0.2) is 95.3 Å². The van der Waals surface area contributed by atoms with Crippen molar-refractivity contribution in [3.63, 3.8) is 0 Å². The molecular weight excluding hydrogens is 538 g/mol. The van der Waals surface area contributed by atoms with Crippen LogP contribution >= 0.6 is 0 Å². The smallest absolute Gasteiger partial charge is 0.328 e. The van der Waals surface area contributed by atoms with Gasteiger partial charge in [-0.15, -0.1) is 12.8 Å². The number of terminal acetylenes is 1. The predicted molar refractivity (Wildman–Crippen MR) is 162 cm³/mol. The Balaban J connectivity index is 0.00000226. The van der Waals surface area contributed by atoms with E-state index >= 15 is 0 Å². The molecule has 1 atom stereocenters. The summed E-state index contributed by atoms with van der Waals surface area (Å²) >= 11 is 0. The number of aryl methyl sites for hydroxylation is 1. The normalized spacial score (nSPS) is 16.0. The van der Waals surface area contributed by atoms with Crippen LogP contribution in [0.25, 0.3) is 0 Å². The summed E-state index contributed by atoms with van der Waals surface area (Å²) in [5.74, 6) is -0.0652. The Morgan fingerprint density at radius 1 is 1.10 bits per heavy atom. The fourth-order valence-corrected chi connectivity index (χ4v) is 5.54. The molecule has 8 nitrogen and oxygen atoms in total. The SMILES string of the molecule is C#C.C=CC(=O)NC(=O)N(C)c1ccc2c(c1)CCC2(COC(=NC)c1ccccc1)c1ccc(S(C)(=O)=O)cc1. The summed E-state index contributed by atoms with van der Waals surface area (Å²) in [5.41, 5.74) is 3.90. The summed E-state index contributed by atoms with van der Waals surface area (Å²) in [6.45, 7) is 3.66. The van der Waals surface area contributed by atoms with E-state index in [9.17, 15) is 18.0 Å². The highest BCUT2D eigenvalue weighted by Crippen LogP contribution is 2.46. The molecule has 3 aromatic rings. The molecule has 1 aliphatic carbocycles. The van der Waals surface area contributed by atoms with Gasteiger partial charge < -0.3 is 4.74 Å². The maximum Gasteiger partial charge on any atom is 0.328 e. The van der Waals surface area contributed by atoms with Crippen molar-refractivity contribution < 1.29 is 22.7 Å². The molecule has 1 unspecified atom stereocenters. The molecule has 1 aliphatic rings. The Kier molecular flexibility index (Phi) is 9.87. The van der Waals surface area contributed by atoms with Crippen LogP contribution in [0.4, 0.5) is 10.5 Å². The lowest BCUT2D eigenvalue weighted by molar-refractivity contribution is -0.115. The molecule has 0 bridgehead atoms. The van der Waals surface area contributed by atoms with E-state index in [2.05, 4.69) is 29.7 Å². The maximum atomic E-state index is 12.5. The zero-order chi connectivity index (χ0) is 30.2. The van der Waals surface area contributed by atoms with Gasteiger partial charge in [-0.05, 0) is 72.0 Å². The standard InChI is InChI=1S/C30H31N3O5S.C2H2/c1-5-27(34)32-29(35)33(3)24-13-16-26-22(19-24)17-18-30(26,23-11-14-25(15-12-23)39(4,36)37)20-38-28(31-2)21-9-7-6-8-10-21;1-2/h5-16,19H,1,17-18,20H2,2-4H3,(H,32,34,35);1-2H. The largest absolute Gasteiger partial charge is 0.476 e. The number of hydrogen-bond acceptors (Lipinski definition) is 6. The highest BCUT2D eigenvalue weighted by Gasteiger charge is 2.42. The summed E-state index contributed by atoms with van der Waals surface area (Å²) in [6, 6.07) is 21.7. The van der Waals surface area contributed by atoms with Gasteiger partial charge >= 0.3 is 6.03 Å². The zero-order valence-electron chi connectivity index (χ0n) is 23.3. The van der Waals surface area contributed by atoms with E-state index < -0.39 is 27.2 Å². The number of ether oxygens (including phenoxy) is 1. The van der Waals surface area contributed by atoms with Crippen LogP contribution in [0.3, 0.4) is 0 Å². The number of fused-ring (bicyclic) bond motifs is 1. The van der Waals surface area contributed by atoms with Gasteiger partial charge in [-0.25, -0.2) is 13.2 Å². The lowest BCUT2D eigenvalue weighted by Gasteiger charge is -2.32. The van der Waals surface area contributed by atoms with Crippen LogP contribution in [0.5, 0.6) is 0 Å². The number of anilines is 1. The van der Waals surface area contributed by atoms with Gasteiger partial charge in [-0.1, -0.05) is 43.0 Å². The molecule has 41 heavy (non-hydrogen) atoms. The first-order valence-electron chi connectivity index (χ1n) is 12.7. The number of carbonyl (C=O) groups excluding carboxylic acids is 2. The molecule has 0 aromatic heterocycles. The van der Waals surface area contributed by atoms with Crippen LogP contribution in [0.2, 0.25) is 0 Å². The molecule has 0 radical (unpaired) electrons. The lowest BCUT2D eigenvalue weighted by Crippen LogP contribution is -2.40. The highest BCUT2D eigenvalue weighted by molar-refractivity contribution is 7.90. The Morgan fingerprint density at radius 3 is 2.34 bits per heavy atom. The number of nitrogens with one attached hydrogen (secondary N) is 1. The zero-order valence-corrected chi connectivity index (χ0v) is 24.1. The molecule has 0 saturated heterocycles. The minimum absolute atomic E-state index is 0.248. The van der Waals surface area contributed by atoms with Crippen LogP contribution < -0.4 is 10.2 Å². The molecule has 0 spiro atoms. The molecule has 4 rings (SSSR count). The first-order valence-corrected chi connectivity index (χ1v) is 14.6. The number of urea groups is 1. The van der Waals surface area contributed by atoms with E-state index in [1.54, 1.807) is 26.2 Å². The fourth-order valence-electron chi connectivity index (χ4n) is 4.91. The minimum Gasteiger partial charge on any atom is -0.476 e. The van der Waals surface area contributed by atoms with Crippen molar-refractivity contribution in [3.05, 3.63) is 108 Å². The third-order valence-corrected chi connectivity index (χ3v) is 8.18. The van der Waals surface area contributed by atoms with E-state index in [1.165, 1.54) is 11.2 Å². The minimum atomic E-state index is -3.35. The molecule has 0 aliphatic heterocycles. The quantitative estimate of drug-likeness (QED) is 0.194. The third-order valence-electron chi connectivity index (χ3n) is 7.05. The summed E-state index contributed by atoms with van der Waals surface area (Å²) in [5, 5.41) is 2.26. The van der Waals surface area contributed by atoms with Gasteiger partial charge in [0.1, 0.15) is 6.61 Å². The van der Waals surface area contributed by atoms with Gasteiger partial charge in [0, 0.05) is 31.6 Å². The first kappa shape index (κ1) is 30.9. The number of sulfone groups is 1. The van der Waals surface area contributed by atoms with E-state index in [1.807, 2.05) is 60.7 Å². The molecule has 0 saturated carbocycles. The number of carbonyl (C=O) groups is 2. The first-order chi connectivity index (χ1) is 19.6. The van der Waals surface area contributed by atoms with Crippen molar-refractivity contribution in [1.82, 2.24) is 5.32 Å². The molecule has 3 amide bonds. The number of rotatable bonds is 7. The van der Waals surface area contributed by atoms with Crippen molar-refractivity contribution in [1.29, 1.82) is 0 Å². The second-order valence-electron chi connectivity index (χ2n) is 9.46. The number of hydrogen-bond donors (Lipinski definition) is 1. The summed E-state index contributed by atoms with van der Waals surface area (Å²) in [6.07, 6.45) is 11.7. The third kappa shape index (κ3) is 6.73. The molecule has 0 heterocycles. The van der Waals surface area contributed by atoms with E-state index in [0.717, 1.165) is 28.3 Å².